The zero-order chi connectivity index (χ0) is 14.2. The van der Waals surface area contributed by atoms with E-state index in [0.717, 1.165) is 0 Å². The van der Waals surface area contributed by atoms with E-state index >= 15 is 0 Å². The van der Waals surface area contributed by atoms with Crippen LogP contribution in [-0.2, 0) is 19.0 Å². The fraction of sp³-hybridized carbons (Fsp3) is 0.778. The maximum atomic E-state index is 12.3. The first kappa shape index (κ1) is 15.5. The van der Waals surface area contributed by atoms with Gasteiger partial charge in [-0.3, -0.25) is 0 Å². The Labute approximate surface area is 105 Å². The van der Waals surface area contributed by atoms with Crippen LogP contribution < -0.4 is 0 Å². The zero-order valence-electron chi connectivity index (χ0n) is 10.3. The molecule has 0 aromatic rings. The fourth-order valence-electron chi connectivity index (χ4n) is 1.48. The summed E-state index contributed by atoms with van der Waals surface area (Å²) >= 11 is 0. The Kier molecular flexibility index (Phi) is 4.18. The molecule has 0 saturated heterocycles. The molecule has 0 aliphatic carbocycles. The summed E-state index contributed by atoms with van der Waals surface area (Å²) in [6.45, 7) is 5.97. The van der Waals surface area contributed by atoms with Gasteiger partial charge in [-0.25, -0.2) is 0 Å². The van der Waals surface area contributed by atoms with Crippen LogP contribution in [0.1, 0.15) is 6.42 Å². The first-order valence-electron chi connectivity index (χ1n) is 5.26. The monoisotopic (exact) mass is 304 g/mol. The molecule has 1 heterocycles. The summed E-state index contributed by atoms with van der Waals surface area (Å²) in [5, 5.41) is 0.571. The highest BCUT2D eigenvalue weighted by Gasteiger charge is 2.49. The van der Waals surface area contributed by atoms with Gasteiger partial charge in [-0.05, 0) is 5.20 Å². The Morgan fingerprint density at radius 1 is 1.28 bits per heavy atom. The molecule has 0 amide bonds. The molecule has 0 atom stereocenters. The summed E-state index contributed by atoms with van der Waals surface area (Å²) in [6.07, 6.45) is 0.0505. The van der Waals surface area contributed by atoms with Gasteiger partial charge in [-0.1, -0.05) is 19.6 Å². The molecule has 18 heavy (non-hydrogen) atoms. The average molecular weight is 304 g/mol. The lowest BCUT2D eigenvalue weighted by molar-refractivity contribution is -0.0527. The van der Waals surface area contributed by atoms with E-state index in [4.69, 9.17) is 4.74 Å². The maximum Gasteiger partial charge on any atom is 0.534 e. The summed E-state index contributed by atoms with van der Waals surface area (Å²) in [7, 11) is -7.56. The lowest BCUT2D eigenvalue weighted by atomic mass is 10.3. The predicted molar refractivity (Wildman–Crippen MR) is 61.9 cm³/mol. The van der Waals surface area contributed by atoms with Crippen molar-refractivity contribution in [2.45, 2.75) is 31.6 Å². The van der Waals surface area contributed by atoms with Gasteiger partial charge < -0.3 is 8.92 Å². The Morgan fingerprint density at radius 2 is 1.83 bits per heavy atom. The number of rotatable bonds is 3. The van der Waals surface area contributed by atoms with E-state index in [2.05, 4.69) is 4.18 Å². The Balaban J connectivity index is 3.11. The number of hydrogen-bond acceptors (Lipinski definition) is 4. The molecule has 0 aromatic carbocycles. The van der Waals surface area contributed by atoms with Crippen molar-refractivity contribution in [3.63, 3.8) is 0 Å². The van der Waals surface area contributed by atoms with Crippen LogP contribution in [0.5, 0.6) is 0 Å². The molecule has 0 radical (unpaired) electrons. The molecular formula is C9H15F3O4SSi. The van der Waals surface area contributed by atoms with E-state index < -0.39 is 23.7 Å². The highest BCUT2D eigenvalue weighted by atomic mass is 32.2. The first-order chi connectivity index (χ1) is 7.95. The van der Waals surface area contributed by atoms with Crippen LogP contribution in [0.15, 0.2) is 11.0 Å². The molecule has 0 fully saturated rings. The Morgan fingerprint density at radius 3 is 2.28 bits per heavy atom. The summed E-state index contributed by atoms with van der Waals surface area (Å²) in [5.74, 6) is -0.0993. The highest BCUT2D eigenvalue weighted by Crippen LogP contribution is 2.32. The number of alkyl halides is 3. The molecule has 1 aliphatic heterocycles. The molecule has 0 bridgehead atoms. The molecule has 0 aromatic heterocycles. The maximum absolute atomic E-state index is 12.3. The van der Waals surface area contributed by atoms with Crippen LogP contribution in [0, 0.1) is 0 Å². The topological polar surface area (TPSA) is 52.6 Å². The third kappa shape index (κ3) is 3.48. The van der Waals surface area contributed by atoms with E-state index in [1.807, 2.05) is 19.6 Å². The van der Waals surface area contributed by atoms with Crippen LogP contribution in [0.3, 0.4) is 0 Å². The first-order valence-corrected chi connectivity index (χ1v) is 10.2. The molecule has 4 nitrogen and oxygen atoms in total. The molecular weight excluding hydrogens is 289 g/mol. The van der Waals surface area contributed by atoms with Crippen LogP contribution in [-0.4, -0.2) is 35.2 Å². The van der Waals surface area contributed by atoms with Crippen molar-refractivity contribution < 1.29 is 30.5 Å². The van der Waals surface area contributed by atoms with Crippen molar-refractivity contribution in [3.8, 4) is 0 Å². The molecule has 106 valence electrons. The number of ether oxygens (including phenoxy) is 1. The van der Waals surface area contributed by atoms with Crippen molar-refractivity contribution in [1.82, 2.24) is 0 Å². The van der Waals surface area contributed by atoms with Gasteiger partial charge in [0.1, 0.15) is 5.76 Å². The van der Waals surface area contributed by atoms with Crippen LogP contribution in [0.4, 0.5) is 13.2 Å². The third-order valence-corrected chi connectivity index (χ3v) is 5.68. The molecule has 0 unspecified atom stereocenters. The normalized spacial score (nSPS) is 19.0. The van der Waals surface area contributed by atoms with Crippen molar-refractivity contribution >= 4 is 18.2 Å². The van der Waals surface area contributed by atoms with Crippen molar-refractivity contribution in [2.24, 2.45) is 0 Å². The summed E-state index contributed by atoms with van der Waals surface area (Å²) in [6, 6.07) is 0. The molecule has 0 spiro atoms. The minimum Gasteiger partial charge on any atom is -0.381 e. The second-order valence-electron chi connectivity index (χ2n) is 4.94. The van der Waals surface area contributed by atoms with Gasteiger partial charge in [0.15, 0.2) is 0 Å². The van der Waals surface area contributed by atoms with E-state index in [1.165, 1.54) is 0 Å². The van der Waals surface area contributed by atoms with Gasteiger partial charge in [0, 0.05) is 6.42 Å². The lowest BCUT2D eigenvalue weighted by Gasteiger charge is -2.28. The third-order valence-electron chi connectivity index (χ3n) is 2.46. The van der Waals surface area contributed by atoms with Crippen LogP contribution >= 0.6 is 0 Å². The van der Waals surface area contributed by atoms with Gasteiger partial charge in [0.05, 0.1) is 21.3 Å². The zero-order valence-corrected chi connectivity index (χ0v) is 12.1. The second-order valence-corrected chi connectivity index (χ2v) is 11.6. The average Bonchev–Trinajstić information content (AvgIpc) is 2.14. The second kappa shape index (κ2) is 4.86. The molecule has 1 aliphatic rings. The van der Waals surface area contributed by atoms with E-state index in [1.54, 1.807) is 0 Å². The predicted octanol–water partition coefficient (Wildman–Crippen LogP) is 2.40. The molecule has 0 saturated carbocycles. The van der Waals surface area contributed by atoms with E-state index in [9.17, 15) is 21.6 Å². The molecule has 0 N–H and O–H groups in total. The van der Waals surface area contributed by atoms with Crippen molar-refractivity contribution in [1.29, 1.82) is 0 Å². The van der Waals surface area contributed by atoms with Crippen molar-refractivity contribution in [3.05, 3.63) is 11.0 Å². The molecule has 1 rings (SSSR count). The van der Waals surface area contributed by atoms with Gasteiger partial charge in [0.25, 0.3) is 0 Å². The largest absolute Gasteiger partial charge is 0.534 e. The summed E-state index contributed by atoms with van der Waals surface area (Å²) in [4.78, 5) is 0. The van der Waals surface area contributed by atoms with Crippen LogP contribution in [0.2, 0.25) is 19.6 Å². The lowest BCUT2D eigenvalue weighted by Crippen LogP contribution is -2.34. The smallest absolute Gasteiger partial charge is 0.381 e. The molecule has 9 heteroatoms. The van der Waals surface area contributed by atoms with Gasteiger partial charge in [-0.15, -0.1) is 0 Å². The minimum absolute atomic E-state index is 0.0505. The number of hydrogen-bond donors (Lipinski definition) is 0. The standard InChI is InChI=1S/C9H15F3O4SSi/c1-18(2,3)8-6-15-5-4-7(8)16-17(13,14)9(10,11)12/h4-6H2,1-3H3. The van der Waals surface area contributed by atoms with Crippen molar-refractivity contribution in [2.75, 3.05) is 13.2 Å². The van der Waals surface area contributed by atoms with Gasteiger partial charge in [0.2, 0.25) is 0 Å². The summed E-state index contributed by atoms with van der Waals surface area (Å²) < 4.78 is 68.2. The summed E-state index contributed by atoms with van der Waals surface area (Å²) in [5.41, 5.74) is -5.40. The van der Waals surface area contributed by atoms with E-state index in [-0.39, 0.29) is 25.4 Å². The van der Waals surface area contributed by atoms with Crippen LogP contribution in [0.25, 0.3) is 0 Å². The highest BCUT2D eigenvalue weighted by molar-refractivity contribution is 7.87. The Bertz CT molecular complexity index is 447. The van der Waals surface area contributed by atoms with Gasteiger partial charge in [-0.2, -0.15) is 21.6 Å². The van der Waals surface area contributed by atoms with E-state index in [0.29, 0.717) is 5.20 Å². The SMILES string of the molecule is C[Si](C)(C)C1=C(OS(=O)(=O)C(F)(F)F)CCOC1. The van der Waals surface area contributed by atoms with Gasteiger partial charge >= 0.3 is 15.6 Å². The Hall–Kier alpha value is -0.543. The fourth-order valence-corrected chi connectivity index (χ4v) is 3.64. The number of halogens is 3. The quantitative estimate of drug-likeness (QED) is 0.456. The minimum atomic E-state index is -5.58.